The fraction of sp³-hybridized carbons (Fsp3) is 0.467. The van der Waals surface area contributed by atoms with E-state index >= 15 is 0 Å². The van der Waals surface area contributed by atoms with Crippen LogP contribution in [0.3, 0.4) is 0 Å². The molecule has 1 aromatic carbocycles. The number of anilines is 1. The van der Waals surface area contributed by atoms with Crippen molar-refractivity contribution in [1.82, 2.24) is 0 Å². The summed E-state index contributed by atoms with van der Waals surface area (Å²) in [6, 6.07) is 6.85. The van der Waals surface area contributed by atoms with E-state index in [0.29, 0.717) is 18.0 Å². The van der Waals surface area contributed by atoms with Crippen LogP contribution in [0.15, 0.2) is 24.3 Å². The molecule has 0 bridgehead atoms. The van der Waals surface area contributed by atoms with E-state index in [-0.39, 0.29) is 24.3 Å². The third-order valence-corrected chi connectivity index (χ3v) is 3.80. The SMILES string of the molecule is NC[C@H]1CCC[C@H]1C(=O)Nc1ccc(OCC(N)=O)cc1. The van der Waals surface area contributed by atoms with Crippen LogP contribution in [0.4, 0.5) is 5.69 Å². The van der Waals surface area contributed by atoms with Crippen molar-refractivity contribution in [2.75, 3.05) is 18.5 Å². The van der Waals surface area contributed by atoms with Gasteiger partial charge in [-0.25, -0.2) is 0 Å². The van der Waals surface area contributed by atoms with Crippen molar-refractivity contribution in [2.24, 2.45) is 23.3 Å². The highest BCUT2D eigenvalue weighted by Crippen LogP contribution is 2.32. The van der Waals surface area contributed by atoms with Crippen LogP contribution in [0.1, 0.15) is 19.3 Å². The fourth-order valence-electron chi connectivity index (χ4n) is 2.69. The molecule has 1 saturated carbocycles. The van der Waals surface area contributed by atoms with Crippen LogP contribution in [-0.2, 0) is 9.59 Å². The first-order valence-corrected chi connectivity index (χ1v) is 7.12. The van der Waals surface area contributed by atoms with Crippen molar-refractivity contribution in [3.8, 4) is 5.75 Å². The standard InChI is InChI=1S/C15H21N3O3/c16-8-10-2-1-3-13(10)15(20)18-11-4-6-12(7-5-11)21-9-14(17)19/h4-7,10,13H,1-3,8-9,16H2,(H2,17,19)(H,18,20)/t10-,13-/m1/s1. The first-order chi connectivity index (χ1) is 10.1. The van der Waals surface area contributed by atoms with Gasteiger partial charge in [0.25, 0.3) is 5.91 Å². The number of hydrogen-bond donors (Lipinski definition) is 3. The predicted molar refractivity (Wildman–Crippen MR) is 79.6 cm³/mol. The van der Waals surface area contributed by atoms with Crippen molar-refractivity contribution in [2.45, 2.75) is 19.3 Å². The van der Waals surface area contributed by atoms with Crippen molar-refractivity contribution in [1.29, 1.82) is 0 Å². The first kappa shape index (κ1) is 15.3. The molecule has 0 heterocycles. The van der Waals surface area contributed by atoms with Gasteiger partial charge in [-0.3, -0.25) is 9.59 Å². The van der Waals surface area contributed by atoms with Crippen molar-refractivity contribution in [3.05, 3.63) is 24.3 Å². The number of nitrogens with one attached hydrogen (secondary N) is 1. The number of primary amides is 1. The van der Waals surface area contributed by atoms with Crippen LogP contribution >= 0.6 is 0 Å². The molecule has 0 aromatic heterocycles. The van der Waals surface area contributed by atoms with Gasteiger partial charge in [-0.2, -0.15) is 0 Å². The van der Waals surface area contributed by atoms with E-state index in [9.17, 15) is 9.59 Å². The lowest BCUT2D eigenvalue weighted by Gasteiger charge is -2.17. The summed E-state index contributed by atoms with van der Waals surface area (Å²) in [6.45, 7) is 0.393. The summed E-state index contributed by atoms with van der Waals surface area (Å²) >= 11 is 0. The van der Waals surface area contributed by atoms with Gasteiger partial charge < -0.3 is 21.5 Å². The lowest BCUT2D eigenvalue weighted by Crippen LogP contribution is -2.29. The second kappa shape index (κ2) is 7.08. The van der Waals surface area contributed by atoms with Gasteiger partial charge in [0.05, 0.1) is 0 Å². The Morgan fingerprint density at radius 2 is 1.95 bits per heavy atom. The number of carbonyl (C=O) groups excluding carboxylic acids is 2. The Morgan fingerprint density at radius 1 is 1.24 bits per heavy atom. The first-order valence-electron chi connectivity index (χ1n) is 7.12. The Labute approximate surface area is 123 Å². The molecule has 1 aliphatic rings. The van der Waals surface area contributed by atoms with Crippen molar-refractivity contribution in [3.63, 3.8) is 0 Å². The highest BCUT2D eigenvalue weighted by molar-refractivity contribution is 5.93. The van der Waals surface area contributed by atoms with Crippen molar-refractivity contribution >= 4 is 17.5 Å². The lowest BCUT2D eigenvalue weighted by molar-refractivity contribution is -0.121. The minimum atomic E-state index is -0.526. The minimum absolute atomic E-state index is 0.000730. The molecule has 0 saturated heterocycles. The molecule has 1 fully saturated rings. The van der Waals surface area contributed by atoms with Crippen LogP contribution < -0.4 is 21.5 Å². The summed E-state index contributed by atoms with van der Waals surface area (Å²) < 4.78 is 5.16. The Bertz CT molecular complexity index is 501. The average Bonchev–Trinajstić information content (AvgIpc) is 2.95. The van der Waals surface area contributed by atoms with Crippen LogP contribution in [-0.4, -0.2) is 25.0 Å². The molecule has 0 spiro atoms. The van der Waals surface area contributed by atoms with E-state index in [4.69, 9.17) is 16.2 Å². The lowest BCUT2D eigenvalue weighted by atomic mass is 9.95. The van der Waals surface area contributed by atoms with Gasteiger partial charge in [0, 0.05) is 11.6 Å². The minimum Gasteiger partial charge on any atom is -0.484 e. The predicted octanol–water partition coefficient (Wildman–Crippen LogP) is 0.864. The largest absolute Gasteiger partial charge is 0.484 e. The molecule has 21 heavy (non-hydrogen) atoms. The molecule has 5 N–H and O–H groups in total. The number of ether oxygens (including phenoxy) is 1. The Hall–Kier alpha value is -2.08. The molecule has 6 heteroatoms. The zero-order valence-corrected chi connectivity index (χ0v) is 11.9. The fourth-order valence-corrected chi connectivity index (χ4v) is 2.69. The quantitative estimate of drug-likeness (QED) is 0.722. The molecule has 0 radical (unpaired) electrons. The molecule has 1 aliphatic carbocycles. The molecular weight excluding hydrogens is 270 g/mol. The maximum Gasteiger partial charge on any atom is 0.255 e. The number of hydrogen-bond acceptors (Lipinski definition) is 4. The Kier molecular flexibility index (Phi) is 5.16. The number of benzene rings is 1. The molecule has 2 rings (SSSR count). The summed E-state index contributed by atoms with van der Waals surface area (Å²) in [4.78, 5) is 22.8. The zero-order chi connectivity index (χ0) is 15.2. The second-order valence-corrected chi connectivity index (χ2v) is 5.30. The molecule has 6 nitrogen and oxygen atoms in total. The number of carbonyl (C=O) groups is 2. The van der Waals surface area contributed by atoms with Crippen molar-refractivity contribution < 1.29 is 14.3 Å². The summed E-state index contributed by atoms with van der Waals surface area (Å²) in [6.07, 6.45) is 2.97. The van der Waals surface area contributed by atoms with Gasteiger partial charge in [-0.15, -0.1) is 0 Å². The van der Waals surface area contributed by atoms with Crippen LogP contribution in [0, 0.1) is 11.8 Å². The maximum atomic E-state index is 12.2. The monoisotopic (exact) mass is 291 g/mol. The molecule has 114 valence electrons. The number of amides is 2. The van der Waals surface area contributed by atoms with Crippen LogP contribution in [0.2, 0.25) is 0 Å². The highest BCUT2D eigenvalue weighted by Gasteiger charge is 2.31. The molecule has 2 amide bonds. The number of nitrogens with two attached hydrogens (primary N) is 2. The normalized spacial score (nSPS) is 21.0. The molecule has 0 unspecified atom stereocenters. The second-order valence-electron chi connectivity index (χ2n) is 5.30. The van der Waals surface area contributed by atoms with Gasteiger partial charge in [0.1, 0.15) is 5.75 Å². The smallest absolute Gasteiger partial charge is 0.255 e. The molecule has 0 aliphatic heterocycles. The van der Waals surface area contributed by atoms with Gasteiger partial charge in [0.15, 0.2) is 6.61 Å². The van der Waals surface area contributed by atoms with E-state index in [1.165, 1.54) is 0 Å². The summed E-state index contributed by atoms with van der Waals surface area (Å²) in [5.74, 6) is 0.312. The summed E-state index contributed by atoms with van der Waals surface area (Å²) in [5, 5.41) is 2.90. The van der Waals surface area contributed by atoms with E-state index in [0.717, 1.165) is 19.3 Å². The Morgan fingerprint density at radius 3 is 2.57 bits per heavy atom. The third-order valence-electron chi connectivity index (χ3n) is 3.80. The third kappa shape index (κ3) is 4.19. The van der Waals surface area contributed by atoms with Gasteiger partial charge in [-0.05, 0) is 49.6 Å². The van der Waals surface area contributed by atoms with Crippen LogP contribution in [0.25, 0.3) is 0 Å². The molecule has 2 atom stereocenters. The molecular formula is C15H21N3O3. The van der Waals surface area contributed by atoms with Crippen LogP contribution in [0.5, 0.6) is 5.75 Å². The van der Waals surface area contributed by atoms with Gasteiger partial charge in [0.2, 0.25) is 5.91 Å². The number of rotatable bonds is 6. The highest BCUT2D eigenvalue weighted by atomic mass is 16.5. The zero-order valence-electron chi connectivity index (χ0n) is 11.9. The maximum absolute atomic E-state index is 12.2. The summed E-state index contributed by atoms with van der Waals surface area (Å²) in [7, 11) is 0. The average molecular weight is 291 g/mol. The summed E-state index contributed by atoms with van der Waals surface area (Å²) in [5.41, 5.74) is 11.4. The van der Waals surface area contributed by atoms with E-state index in [1.54, 1.807) is 24.3 Å². The van der Waals surface area contributed by atoms with E-state index < -0.39 is 5.91 Å². The van der Waals surface area contributed by atoms with E-state index in [1.807, 2.05) is 0 Å². The topological polar surface area (TPSA) is 107 Å². The van der Waals surface area contributed by atoms with Gasteiger partial charge >= 0.3 is 0 Å². The Balaban J connectivity index is 1.90. The van der Waals surface area contributed by atoms with Gasteiger partial charge in [-0.1, -0.05) is 6.42 Å². The molecule has 1 aromatic rings. The van der Waals surface area contributed by atoms with E-state index in [2.05, 4.69) is 5.32 Å².